The van der Waals surface area contributed by atoms with Gasteiger partial charge in [-0.1, -0.05) is 12.8 Å². The molecule has 0 aromatic rings. The number of nitrogens with two attached hydrogens (primary N) is 1. The Morgan fingerprint density at radius 2 is 2.00 bits per heavy atom. The van der Waals surface area contributed by atoms with Gasteiger partial charge < -0.3 is 11.1 Å². The number of hydrogen-bond acceptors (Lipinski definition) is 5. The largest absolute Gasteiger partial charge is 0.330 e. The Morgan fingerprint density at radius 1 is 1.31 bits per heavy atom. The molecule has 1 unspecified atom stereocenters. The van der Waals surface area contributed by atoms with Gasteiger partial charge in [0.2, 0.25) is 0 Å². The van der Waals surface area contributed by atoms with E-state index < -0.39 is 0 Å². The minimum absolute atomic E-state index is 0. The molecule has 0 aromatic heterocycles. The van der Waals surface area contributed by atoms with E-state index in [9.17, 15) is 0 Å². The van der Waals surface area contributed by atoms with Crippen LogP contribution in [0.2, 0.25) is 0 Å². The third-order valence-electron chi connectivity index (χ3n) is 2.32. The second-order valence-corrected chi connectivity index (χ2v) is 4.15. The van der Waals surface area contributed by atoms with Gasteiger partial charge in [0.15, 0.2) is 0 Å². The summed E-state index contributed by atoms with van der Waals surface area (Å²) in [5.74, 6) is 0.705. The number of unbranched alkanes of at least 4 members (excludes halogenated alkanes) is 2. The molecule has 1 atom stereocenters. The summed E-state index contributed by atoms with van der Waals surface area (Å²) >= 11 is 4.08. The highest BCUT2D eigenvalue weighted by Crippen LogP contribution is 2.11. The molecule has 0 aliphatic rings. The highest BCUT2D eigenvalue weighted by Gasteiger charge is 2.09. The van der Waals surface area contributed by atoms with Crippen LogP contribution >= 0.6 is 29.6 Å². The monoisotopic (exact) mass is 310 g/mol. The van der Waals surface area contributed by atoms with E-state index in [4.69, 9.17) is 16.7 Å². The van der Waals surface area contributed by atoms with Gasteiger partial charge in [-0.3, -0.25) is 0 Å². The smallest absolute Gasteiger partial charge is 0.0757 e. The SMILES string of the molecule is Br.N=NC(CCCCCN)CC(=N)CCS. The van der Waals surface area contributed by atoms with E-state index >= 15 is 0 Å². The Kier molecular flexibility index (Phi) is 15.1. The van der Waals surface area contributed by atoms with E-state index in [0.29, 0.717) is 24.3 Å². The molecule has 0 fully saturated rings. The molecule has 0 aliphatic carbocycles. The average Bonchev–Trinajstić information content (AvgIpc) is 2.23. The van der Waals surface area contributed by atoms with Crippen molar-refractivity contribution in [2.45, 2.75) is 44.6 Å². The topological polar surface area (TPSA) is 86.1 Å². The van der Waals surface area contributed by atoms with Gasteiger partial charge in [-0.25, -0.2) is 5.53 Å². The van der Waals surface area contributed by atoms with Crippen LogP contribution in [0.25, 0.3) is 0 Å². The second-order valence-electron chi connectivity index (χ2n) is 3.70. The minimum atomic E-state index is -0.00448. The van der Waals surface area contributed by atoms with Crippen LogP contribution < -0.4 is 5.73 Å². The van der Waals surface area contributed by atoms with Gasteiger partial charge in [0.05, 0.1) is 6.04 Å². The summed E-state index contributed by atoms with van der Waals surface area (Å²) in [5, 5.41) is 11.2. The maximum Gasteiger partial charge on any atom is 0.0757 e. The van der Waals surface area contributed by atoms with Crippen LogP contribution in [-0.2, 0) is 0 Å². The summed E-state index contributed by atoms with van der Waals surface area (Å²) in [4.78, 5) is 0. The lowest BCUT2D eigenvalue weighted by atomic mass is 10.0. The molecule has 6 heteroatoms. The van der Waals surface area contributed by atoms with Crippen LogP contribution in [0.3, 0.4) is 0 Å². The molecule has 0 spiro atoms. The number of hydrogen-bond donors (Lipinski definition) is 4. The first-order valence-electron chi connectivity index (χ1n) is 5.48. The highest BCUT2D eigenvalue weighted by atomic mass is 79.9. The Morgan fingerprint density at radius 3 is 2.50 bits per heavy atom. The van der Waals surface area contributed by atoms with Gasteiger partial charge in [0.25, 0.3) is 0 Å². The number of halogens is 1. The highest BCUT2D eigenvalue weighted by molar-refractivity contribution is 8.93. The zero-order valence-electron chi connectivity index (χ0n) is 9.61. The van der Waals surface area contributed by atoms with Crippen molar-refractivity contribution >= 4 is 35.3 Å². The van der Waals surface area contributed by atoms with Crippen molar-refractivity contribution in [3.05, 3.63) is 0 Å². The normalized spacial score (nSPS) is 11.6. The Balaban J connectivity index is 0. The van der Waals surface area contributed by atoms with Crippen molar-refractivity contribution in [2.75, 3.05) is 12.3 Å². The van der Waals surface area contributed by atoms with E-state index in [-0.39, 0.29) is 23.0 Å². The third kappa shape index (κ3) is 10.6. The molecular weight excluding hydrogens is 288 g/mol. The van der Waals surface area contributed by atoms with Crippen molar-refractivity contribution in [3.63, 3.8) is 0 Å². The molecule has 0 aromatic carbocycles. The van der Waals surface area contributed by atoms with Crippen LogP contribution in [0.15, 0.2) is 5.11 Å². The minimum Gasteiger partial charge on any atom is -0.330 e. The molecule has 0 aliphatic heterocycles. The molecular formula is C10H23BrN4S. The fourth-order valence-electron chi connectivity index (χ4n) is 1.43. The van der Waals surface area contributed by atoms with Crippen LogP contribution in [0.1, 0.15) is 38.5 Å². The lowest BCUT2D eigenvalue weighted by Gasteiger charge is -2.10. The van der Waals surface area contributed by atoms with Gasteiger partial charge in [-0.15, -0.1) is 17.0 Å². The van der Waals surface area contributed by atoms with E-state index in [2.05, 4.69) is 17.7 Å². The van der Waals surface area contributed by atoms with Crippen molar-refractivity contribution in [1.29, 1.82) is 10.9 Å². The quantitative estimate of drug-likeness (QED) is 0.212. The van der Waals surface area contributed by atoms with Gasteiger partial charge >= 0.3 is 0 Å². The van der Waals surface area contributed by atoms with Crippen molar-refractivity contribution in [3.8, 4) is 0 Å². The zero-order chi connectivity index (χ0) is 11.5. The Labute approximate surface area is 114 Å². The van der Waals surface area contributed by atoms with Gasteiger partial charge in [-0.05, 0) is 31.6 Å². The summed E-state index contributed by atoms with van der Waals surface area (Å²) in [6, 6.07) is -0.00448. The standard InChI is InChI=1S/C10H22N4S.BrH/c11-6-3-1-2-4-10(14-13)8-9(12)5-7-15;/h10,12-13,15H,1-8,11H2;1H. The first-order chi connectivity index (χ1) is 7.24. The van der Waals surface area contributed by atoms with Crippen LogP contribution in [0, 0.1) is 10.9 Å². The molecule has 4 nitrogen and oxygen atoms in total. The number of nitrogens with zero attached hydrogens (tertiary/aromatic N) is 1. The van der Waals surface area contributed by atoms with Gasteiger partial charge in [-0.2, -0.15) is 17.7 Å². The van der Waals surface area contributed by atoms with Crippen molar-refractivity contribution in [1.82, 2.24) is 0 Å². The Bertz CT molecular complexity index is 190. The summed E-state index contributed by atoms with van der Waals surface area (Å²) in [5.41, 5.74) is 13.1. The number of nitrogens with one attached hydrogen (secondary N) is 2. The molecule has 0 amide bonds. The fraction of sp³-hybridized carbons (Fsp3) is 0.900. The molecule has 4 N–H and O–H groups in total. The Hall–Kier alpha value is 0.0600. The average molecular weight is 311 g/mol. The van der Waals surface area contributed by atoms with E-state index in [1.165, 1.54) is 0 Å². The number of thiol groups is 1. The summed E-state index contributed by atoms with van der Waals surface area (Å²) in [6.45, 7) is 0.734. The van der Waals surface area contributed by atoms with Crippen molar-refractivity contribution < 1.29 is 0 Å². The maximum atomic E-state index is 7.63. The van der Waals surface area contributed by atoms with Gasteiger partial charge in [0, 0.05) is 12.1 Å². The molecule has 16 heavy (non-hydrogen) atoms. The van der Waals surface area contributed by atoms with Crippen molar-refractivity contribution in [2.24, 2.45) is 10.8 Å². The van der Waals surface area contributed by atoms with Crippen LogP contribution in [0.4, 0.5) is 0 Å². The second kappa shape index (κ2) is 13.1. The first-order valence-corrected chi connectivity index (χ1v) is 6.11. The zero-order valence-corrected chi connectivity index (χ0v) is 12.2. The predicted molar refractivity (Wildman–Crippen MR) is 77.6 cm³/mol. The number of rotatable bonds is 10. The van der Waals surface area contributed by atoms with Gasteiger partial charge in [0.1, 0.15) is 0 Å². The first kappa shape index (κ1) is 18.4. The third-order valence-corrected chi connectivity index (χ3v) is 2.54. The van der Waals surface area contributed by atoms with Crippen LogP contribution in [-0.4, -0.2) is 24.1 Å². The maximum absolute atomic E-state index is 7.63. The molecule has 0 radical (unpaired) electrons. The van der Waals surface area contributed by atoms with E-state index in [1.807, 2.05) is 0 Å². The summed E-state index contributed by atoms with van der Waals surface area (Å²) < 4.78 is 0. The van der Waals surface area contributed by atoms with E-state index in [1.54, 1.807) is 0 Å². The lowest BCUT2D eigenvalue weighted by molar-refractivity contribution is 0.540. The fourth-order valence-corrected chi connectivity index (χ4v) is 1.70. The molecule has 0 bridgehead atoms. The van der Waals surface area contributed by atoms with Crippen LogP contribution in [0.5, 0.6) is 0 Å². The molecule has 0 rings (SSSR count). The summed E-state index contributed by atoms with van der Waals surface area (Å²) in [7, 11) is 0. The summed E-state index contributed by atoms with van der Waals surface area (Å²) in [6.07, 6.45) is 5.42. The molecule has 0 saturated carbocycles. The van der Waals surface area contributed by atoms with E-state index in [0.717, 1.165) is 32.2 Å². The lowest BCUT2D eigenvalue weighted by Crippen LogP contribution is -2.11. The molecule has 0 saturated heterocycles. The molecule has 0 heterocycles. The predicted octanol–water partition coefficient (Wildman–Crippen LogP) is 3.21. The molecule has 96 valence electrons.